The van der Waals surface area contributed by atoms with Crippen LogP contribution in [-0.2, 0) is 4.79 Å². The molecule has 1 saturated heterocycles. The Morgan fingerprint density at radius 2 is 1.87 bits per heavy atom. The van der Waals surface area contributed by atoms with Crippen molar-refractivity contribution in [3.63, 3.8) is 0 Å². The minimum absolute atomic E-state index is 0.206. The van der Waals surface area contributed by atoms with Crippen molar-refractivity contribution in [1.82, 2.24) is 10.2 Å². The molecule has 0 aromatic rings. The second kappa shape index (κ2) is 4.97. The molecule has 1 aliphatic rings. The van der Waals surface area contributed by atoms with E-state index in [4.69, 9.17) is 0 Å². The Balaban J connectivity index is 2.61. The summed E-state index contributed by atoms with van der Waals surface area (Å²) in [5.74, 6) is 2.10. The zero-order valence-corrected chi connectivity index (χ0v) is 10.6. The number of nitrogens with one attached hydrogen (secondary N) is 1. The Kier molecular flexibility index (Phi) is 4.14. The van der Waals surface area contributed by atoms with Crippen LogP contribution >= 0.6 is 0 Å². The Bertz CT molecular complexity index is 218. The molecular formula is C12H24N2O. The van der Waals surface area contributed by atoms with Crippen LogP contribution in [0.2, 0.25) is 0 Å². The molecule has 88 valence electrons. The molecule has 0 aromatic carbocycles. The first-order chi connectivity index (χ1) is 6.93. The average Bonchev–Trinajstić information content (AvgIpc) is 2.42. The van der Waals surface area contributed by atoms with Gasteiger partial charge >= 0.3 is 0 Å². The minimum atomic E-state index is 0.206. The normalized spacial score (nSPS) is 22.5. The van der Waals surface area contributed by atoms with Crippen LogP contribution < -0.4 is 5.32 Å². The fourth-order valence-corrected chi connectivity index (χ4v) is 2.34. The summed E-state index contributed by atoms with van der Waals surface area (Å²) < 4.78 is 0. The van der Waals surface area contributed by atoms with Crippen molar-refractivity contribution in [2.24, 2.45) is 17.8 Å². The van der Waals surface area contributed by atoms with Gasteiger partial charge in [0.15, 0.2) is 0 Å². The lowest BCUT2D eigenvalue weighted by Crippen LogP contribution is -2.40. The zero-order valence-electron chi connectivity index (χ0n) is 10.6. The molecule has 1 fully saturated rings. The predicted molar refractivity (Wildman–Crippen MR) is 62.3 cm³/mol. The van der Waals surface area contributed by atoms with Gasteiger partial charge < -0.3 is 4.90 Å². The van der Waals surface area contributed by atoms with Gasteiger partial charge in [-0.15, -0.1) is 0 Å². The van der Waals surface area contributed by atoms with Gasteiger partial charge in [0.2, 0.25) is 5.91 Å². The van der Waals surface area contributed by atoms with Gasteiger partial charge in [0, 0.05) is 6.54 Å². The van der Waals surface area contributed by atoms with Crippen LogP contribution in [-0.4, -0.2) is 30.1 Å². The van der Waals surface area contributed by atoms with Crippen LogP contribution in [0.5, 0.6) is 0 Å². The fraction of sp³-hybridized carbons (Fsp3) is 0.917. The van der Waals surface area contributed by atoms with Crippen LogP contribution in [0, 0.1) is 17.8 Å². The lowest BCUT2D eigenvalue weighted by molar-refractivity contribution is -0.128. The van der Waals surface area contributed by atoms with E-state index in [1.54, 1.807) is 0 Å². The molecule has 1 rings (SSSR count). The SMILES string of the molecule is CC(C)C(CN1C(=O)CNC1C)C(C)C. The van der Waals surface area contributed by atoms with Crippen molar-refractivity contribution in [1.29, 1.82) is 0 Å². The Morgan fingerprint density at radius 3 is 2.20 bits per heavy atom. The molecule has 15 heavy (non-hydrogen) atoms. The Morgan fingerprint density at radius 1 is 1.33 bits per heavy atom. The summed E-state index contributed by atoms with van der Waals surface area (Å²) in [6, 6.07) is 0. The number of carbonyl (C=O) groups excluding carboxylic acids is 1. The highest BCUT2D eigenvalue weighted by molar-refractivity contribution is 5.80. The van der Waals surface area contributed by atoms with Crippen molar-refractivity contribution in [2.45, 2.75) is 40.8 Å². The maximum atomic E-state index is 11.6. The van der Waals surface area contributed by atoms with Crippen LogP contribution in [0.4, 0.5) is 0 Å². The van der Waals surface area contributed by atoms with Gasteiger partial charge in [-0.3, -0.25) is 10.1 Å². The standard InChI is InChI=1S/C12H24N2O/c1-8(2)11(9(3)4)7-14-10(5)13-6-12(14)15/h8-11,13H,6-7H2,1-5H3. The monoisotopic (exact) mass is 212 g/mol. The molecule has 1 N–H and O–H groups in total. The number of carbonyl (C=O) groups is 1. The summed E-state index contributed by atoms with van der Waals surface area (Å²) in [6.45, 7) is 12.4. The van der Waals surface area contributed by atoms with E-state index in [1.807, 2.05) is 4.90 Å². The van der Waals surface area contributed by atoms with Crippen molar-refractivity contribution in [3.05, 3.63) is 0 Å². The first-order valence-electron chi connectivity index (χ1n) is 5.96. The summed E-state index contributed by atoms with van der Waals surface area (Å²) >= 11 is 0. The Labute approximate surface area is 93.2 Å². The number of rotatable bonds is 4. The van der Waals surface area contributed by atoms with E-state index in [1.165, 1.54) is 0 Å². The van der Waals surface area contributed by atoms with Crippen LogP contribution in [0.25, 0.3) is 0 Å². The quantitative estimate of drug-likeness (QED) is 0.769. The fourth-order valence-electron chi connectivity index (χ4n) is 2.34. The highest BCUT2D eigenvalue weighted by Gasteiger charge is 2.30. The molecule has 0 spiro atoms. The summed E-state index contributed by atoms with van der Waals surface area (Å²) in [5.41, 5.74) is 0. The third kappa shape index (κ3) is 2.94. The zero-order chi connectivity index (χ0) is 11.6. The largest absolute Gasteiger partial charge is 0.326 e. The lowest BCUT2D eigenvalue weighted by Gasteiger charge is -2.31. The van der Waals surface area contributed by atoms with E-state index in [2.05, 4.69) is 39.9 Å². The smallest absolute Gasteiger partial charge is 0.237 e. The summed E-state index contributed by atoms with van der Waals surface area (Å²) in [5, 5.41) is 3.18. The highest BCUT2D eigenvalue weighted by Crippen LogP contribution is 2.23. The molecule has 0 radical (unpaired) electrons. The maximum absolute atomic E-state index is 11.6. The van der Waals surface area contributed by atoms with Crippen LogP contribution in [0.1, 0.15) is 34.6 Å². The van der Waals surface area contributed by atoms with Crippen molar-refractivity contribution in [2.75, 3.05) is 13.1 Å². The van der Waals surface area contributed by atoms with E-state index in [0.717, 1.165) is 6.54 Å². The van der Waals surface area contributed by atoms with Gasteiger partial charge in [-0.2, -0.15) is 0 Å². The van der Waals surface area contributed by atoms with Crippen molar-refractivity contribution < 1.29 is 4.79 Å². The lowest BCUT2D eigenvalue weighted by atomic mass is 9.85. The number of amides is 1. The van der Waals surface area contributed by atoms with Crippen molar-refractivity contribution in [3.8, 4) is 0 Å². The van der Waals surface area contributed by atoms with E-state index in [9.17, 15) is 4.79 Å². The first kappa shape index (κ1) is 12.5. The molecule has 1 aliphatic heterocycles. The van der Waals surface area contributed by atoms with Crippen molar-refractivity contribution >= 4 is 5.91 Å². The van der Waals surface area contributed by atoms with Gasteiger partial charge in [-0.05, 0) is 24.7 Å². The number of hydrogen-bond acceptors (Lipinski definition) is 2. The van der Waals surface area contributed by atoms with Gasteiger partial charge in [-0.1, -0.05) is 27.7 Å². The van der Waals surface area contributed by atoms with Gasteiger partial charge in [0.1, 0.15) is 0 Å². The minimum Gasteiger partial charge on any atom is -0.326 e. The molecule has 1 amide bonds. The summed E-state index contributed by atoms with van der Waals surface area (Å²) in [7, 11) is 0. The average molecular weight is 212 g/mol. The van der Waals surface area contributed by atoms with Gasteiger partial charge in [-0.25, -0.2) is 0 Å². The third-order valence-corrected chi connectivity index (χ3v) is 3.46. The van der Waals surface area contributed by atoms with E-state index < -0.39 is 0 Å². The second-order valence-corrected chi connectivity index (χ2v) is 5.25. The molecule has 3 heteroatoms. The molecule has 0 bridgehead atoms. The predicted octanol–water partition coefficient (Wildman–Crippen LogP) is 1.69. The topological polar surface area (TPSA) is 32.3 Å². The summed E-state index contributed by atoms with van der Waals surface area (Å²) in [4.78, 5) is 13.6. The molecule has 3 nitrogen and oxygen atoms in total. The van der Waals surface area contributed by atoms with Gasteiger partial charge in [0.25, 0.3) is 0 Å². The Hall–Kier alpha value is -0.570. The molecule has 0 aromatic heterocycles. The van der Waals surface area contributed by atoms with Gasteiger partial charge in [0.05, 0.1) is 12.7 Å². The maximum Gasteiger partial charge on any atom is 0.237 e. The van der Waals surface area contributed by atoms with Crippen LogP contribution in [0.3, 0.4) is 0 Å². The molecule has 0 aliphatic carbocycles. The third-order valence-electron chi connectivity index (χ3n) is 3.46. The number of hydrogen-bond donors (Lipinski definition) is 1. The number of nitrogens with zero attached hydrogens (tertiary/aromatic N) is 1. The van der Waals surface area contributed by atoms with E-state index >= 15 is 0 Å². The first-order valence-corrected chi connectivity index (χ1v) is 5.96. The molecule has 1 atom stereocenters. The second-order valence-electron chi connectivity index (χ2n) is 5.25. The molecule has 1 heterocycles. The van der Waals surface area contributed by atoms with E-state index in [-0.39, 0.29) is 12.1 Å². The molecule has 0 saturated carbocycles. The van der Waals surface area contributed by atoms with E-state index in [0.29, 0.717) is 24.3 Å². The van der Waals surface area contributed by atoms with Crippen LogP contribution in [0.15, 0.2) is 0 Å². The molecule has 1 unspecified atom stereocenters. The molecular weight excluding hydrogens is 188 g/mol. The summed E-state index contributed by atoms with van der Waals surface area (Å²) in [6.07, 6.45) is 0.206. The highest BCUT2D eigenvalue weighted by atomic mass is 16.2.